The van der Waals surface area contributed by atoms with Gasteiger partial charge in [-0.2, -0.15) is 0 Å². The SMILES string of the molecule is O=C(O)Cc1cc2ccccc2[nH]1.[Zn]. The zero-order valence-corrected chi connectivity index (χ0v) is 10.6. The Morgan fingerprint density at radius 1 is 1.36 bits per heavy atom. The fourth-order valence-corrected chi connectivity index (χ4v) is 1.39. The van der Waals surface area contributed by atoms with Crippen molar-refractivity contribution in [3.63, 3.8) is 0 Å². The number of nitrogens with one attached hydrogen (secondary N) is 1. The van der Waals surface area contributed by atoms with Crippen LogP contribution in [0.25, 0.3) is 10.9 Å². The van der Waals surface area contributed by atoms with Crippen molar-refractivity contribution in [3.8, 4) is 0 Å². The van der Waals surface area contributed by atoms with Gasteiger partial charge >= 0.3 is 5.97 Å². The van der Waals surface area contributed by atoms with Gasteiger partial charge in [0.2, 0.25) is 0 Å². The summed E-state index contributed by atoms with van der Waals surface area (Å²) in [5, 5.41) is 9.63. The number of hydrogen-bond acceptors (Lipinski definition) is 1. The third kappa shape index (κ3) is 2.21. The molecule has 0 amide bonds. The predicted octanol–water partition coefficient (Wildman–Crippen LogP) is 1.79. The summed E-state index contributed by atoms with van der Waals surface area (Å²) >= 11 is 0. The van der Waals surface area contributed by atoms with Gasteiger partial charge in [-0.05, 0) is 17.5 Å². The van der Waals surface area contributed by atoms with Crippen LogP contribution < -0.4 is 0 Å². The maximum Gasteiger partial charge on any atom is 0.309 e. The smallest absolute Gasteiger partial charge is 0.309 e. The molecule has 0 radical (unpaired) electrons. The molecular weight excluding hydrogens is 232 g/mol. The first kappa shape index (κ1) is 10.9. The van der Waals surface area contributed by atoms with Gasteiger partial charge in [-0.3, -0.25) is 4.79 Å². The molecule has 0 aliphatic rings. The summed E-state index contributed by atoms with van der Waals surface area (Å²) in [5.41, 5.74) is 1.73. The second-order valence-electron chi connectivity index (χ2n) is 2.95. The van der Waals surface area contributed by atoms with E-state index in [1.165, 1.54) is 0 Å². The molecule has 68 valence electrons. The molecular formula is C10H9NO2Zn. The Labute approximate surface area is 93.9 Å². The standard InChI is InChI=1S/C10H9NO2.Zn/c12-10(13)6-8-5-7-3-1-2-4-9(7)11-8;/h1-5,11H,6H2,(H,12,13);. The second-order valence-corrected chi connectivity index (χ2v) is 2.95. The molecule has 0 saturated carbocycles. The normalized spacial score (nSPS) is 9.71. The Balaban J connectivity index is 0.000000980. The van der Waals surface area contributed by atoms with E-state index in [0.717, 1.165) is 16.6 Å². The number of aromatic amines is 1. The van der Waals surface area contributed by atoms with Crippen molar-refractivity contribution in [1.29, 1.82) is 0 Å². The molecule has 4 heteroatoms. The number of carboxylic acid groups (broad SMARTS) is 1. The van der Waals surface area contributed by atoms with Crippen molar-refractivity contribution in [2.75, 3.05) is 0 Å². The number of fused-ring (bicyclic) bond motifs is 1. The van der Waals surface area contributed by atoms with E-state index in [2.05, 4.69) is 4.98 Å². The number of H-pyrrole nitrogens is 1. The molecule has 1 aromatic carbocycles. The Morgan fingerprint density at radius 2 is 2.07 bits per heavy atom. The van der Waals surface area contributed by atoms with E-state index in [-0.39, 0.29) is 25.9 Å². The average molecular weight is 241 g/mol. The summed E-state index contributed by atoms with van der Waals surface area (Å²) in [4.78, 5) is 13.5. The van der Waals surface area contributed by atoms with Crippen molar-refractivity contribution >= 4 is 16.9 Å². The van der Waals surface area contributed by atoms with Crippen LogP contribution in [0.2, 0.25) is 0 Å². The van der Waals surface area contributed by atoms with Crippen LogP contribution in [0.1, 0.15) is 5.69 Å². The van der Waals surface area contributed by atoms with Crippen molar-refractivity contribution in [1.82, 2.24) is 4.98 Å². The number of hydrogen-bond donors (Lipinski definition) is 2. The first-order valence-electron chi connectivity index (χ1n) is 4.04. The number of carboxylic acids is 1. The van der Waals surface area contributed by atoms with Crippen LogP contribution in [-0.4, -0.2) is 16.1 Å². The molecule has 0 aliphatic heterocycles. The quantitative estimate of drug-likeness (QED) is 0.787. The molecule has 3 nitrogen and oxygen atoms in total. The van der Waals surface area contributed by atoms with Crippen molar-refractivity contribution < 1.29 is 29.4 Å². The van der Waals surface area contributed by atoms with Crippen molar-refractivity contribution in [2.45, 2.75) is 6.42 Å². The summed E-state index contributed by atoms with van der Waals surface area (Å²) < 4.78 is 0. The Hall–Kier alpha value is -1.15. The average Bonchev–Trinajstić information content (AvgIpc) is 2.44. The minimum Gasteiger partial charge on any atom is -0.481 e. The molecule has 0 aliphatic carbocycles. The fraction of sp³-hybridized carbons (Fsp3) is 0.100. The van der Waals surface area contributed by atoms with E-state index >= 15 is 0 Å². The van der Waals surface area contributed by atoms with Crippen LogP contribution in [0.3, 0.4) is 0 Å². The summed E-state index contributed by atoms with van der Waals surface area (Å²) in [7, 11) is 0. The van der Waals surface area contributed by atoms with Crippen LogP contribution in [0, 0.1) is 0 Å². The van der Waals surface area contributed by atoms with Crippen LogP contribution in [0.5, 0.6) is 0 Å². The van der Waals surface area contributed by atoms with Crippen molar-refractivity contribution in [3.05, 3.63) is 36.0 Å². The van der Waals surface area contributed by atoms with E-state index in [4.69, 9.17) is 5.11 Å². The van der Waals surface area contributed by atoms with Crippen LogP contribution in [0.15, 0.2) is 30.3 Å². The Bertz CT molecular complexity index is 417. The van der Waals surface area contributed by atoms with Gasteiger partial charge in [0.15, 0.2) is 0 Å². The minimum absolute atomic E-state index is 0. The Morgan fingerprint density at radius 3 is 2.71 bits per heavy atom. The summed E-state index contributed by atoms with van der Waals surface area (Å²) in [6, 6.07) is 9.60. The Kier molecular flexibility index (Phi) is 3.42. The molecule has 0 fully saturated rings. The minimum atomic E-state index is -0.813. The first-order valence-corrected chi connectivity index (χ1v) is 4.04. The number of benzene rings is 1. The molecule has 2 rings (SSSR count). The number of carbonyl (C=O) groups is 1. The van der Waals surface area contributed by atoms with Gasteiger partial charge in [-0.15, -0.1) is 0 Å². The van der Waals surface area contributed by atoms with E-state index < -0.39 is 5.97 Å². The number of rotatable bonds is 2. The molecule has 0 spiro atoms. The van der Waals surface area contributed by atoms with Gasteiger partial charge in [-0.1, -0.05) is 18.2 Å². The van der Waals surface area contributed by atoms with Crippen LogP contribution >= 0.6 is 0 Å². The summed E-state index contributed by atoms with van der Waals surface area (Å²) in [6.07, 6.45) is 0.0503. The first-order chi connectivity index (χ1) is 6.25. The third-order valence-corrected chi connectivity index (χ3v) is 1.93. The monoisotopic (exact) mass is 239 g/mol. The van der Waals surface area contributed by atoms with E-state index in [1.54, 1.807) is 0 Å². The molecule has 0 bridgehead atoms. The molecule has 0 atom stereocenters. The third-order valence-electron chi connectivity index (χ3n) is 1.93. The maximum absolute atomic E-state index is 10.4. The summed E-state index contributed by atoms with van der Waals surface area (Å²) in [5.74, 6) is -0.813. The van der Waals surface area contributed by atoms with Gasteiger partial charge in [0.05, 0.1) is 6.42 Å². The zero-order valence-electron chi connectivity index (χ0n) is 7.66. The molecule has 0 saturated heterocycles. The largest absolute Gasteiger partial charge is 0.481 e. The fourth-order valence-electron chi connectivity index (χ4n) is 1.39. The topological polar surface area (TPSA) is 53.1 Å². The molecule has 1 aromatic heterocycles. The number of para-hydroxylation sites is 1. The predicted molar refractivity (Wildman–Crippen MR) is 49.6 cm³/mol. The number of aromatic nitrogens is 1. The van der Waals surface area contributed by atoms with Gasteiger partial charge in [-0.25, -0.2) is 0 Å². The molecule has 14 heavy (non-hydrogen) atoms. The number of aliphatic carboxylic acids is 1. The van der Waals surface area contributed by atoms with Crippen molar-refractivity contribution in [2.24, 2.45) is 0 Å². The molecule has 0 unspecified atom stereocenters. The van der Waals surface area contributed by atoms with Crippen LogP contribution in [0.4, 0.5) is 0 Å². The van der Waals surface area contributed by atoms with E-state index in [0.29, 0.717) is 0 Å². The van der Waals surface area contributed by atoms with E-state index in [9.17, 15) is 4.79 Å². The van der Waals surface area contributed by atoms with Gasteiger partial charge in [0.25, 0.3) is 0 Å². The zero-order chi connectivity index (χ0) is 9.26. The molecule has 1 heterocycles. The summed E-state index contributed by atoms with van der Waals surface area (Å²) in [6.45, 7) is 0. The van der Waals surface area contributed by atoms with Gasteiger partial charge < -0.3 is 10.1 Å². The van der Waals surface area contributed by atoms with E-state index in [1.807, 2.05) is 30.3 Å². The second kappa shape index (κ2) is 4.38. The van der Waals surface area contributed by atoms with Gasteiger partial charge in [0.1, 0.15) is 0 Å². The van der Waals surface area contributed by atoms with Crippen LogP contribution in [-0.2, 0) is 30.7 Å². The molecule has 2 N–H and O–H groups in total. The molecule has 2 aromatic rings. The maximum atomic E-state index is 10.4. The van der Waals surface area contributed by atoms with Gasteiger partial charge in [0, 0.05) is 30.7 Å².